The number of aryl methyl sites for hydroxylation is 1. The molecule has 3 aromatic rings. The molecule has 0 aliphatic heterocycles. The van der Waals surface area contributed by atoms with Crippen molar-refractivity contribution >= 4 is 10.9 Å². The third-order valence-electron chi connectivity index (χ3n) is 3.38. The molecule has 0 bridgehead atoms. The first-order valence-corrected chi connectivity index (χ1v) is 6.40. The van der Waals surface area contributed by atoms with E-state index in [1.54, 1.807) is 0 Å². The lowest BCUT2D eigenvalue weighted by Crippen LogP contribution is -1.94. The fourth-order valence-corrected chi connectivity index (χ4v) is 2.16. The third-order valence-corrected chi connectivity index (χ3v) is 3.38. The average molecular weight is 252 g/mol. The highest BCUT2D eigenvalue weighted by molar-refractivity contribution is 5.83. The summed E-state index contributed by atoms with van der Waals surface area (Å²) in [4.78, 5) is 0. The lowest BCUT2D eigenvalue weighted by atomic mass is 10.0. The number of benzene rings is 1. The zero-order valence-electron chi connectivity index (χ0n) is 11.3. The van der Waals surface area contributed by atoms with Gasteiger partial charge in [0, 0.05) is 18.0 Å². The van der Waals surface area contributed by atoms with Crippen LogP contribution in [0, 0.1) is 0 Å². The molecule has 0 radical (unpaired) electrons. The third kappa shape index (κ3) is 2.10. The monoisotopic (exact) mass is 252 g/mol. The molecule has 2 heterocycles. The molecule has 0 aliphatic rings. The van der Waals surface area contributed by atoms with Crippen LogP contribution in [0.4, 0.5) is 0 Å². The summed E-state index contributed by atoms with van der Waals surface area (Å²) in [5, 5.41) is 13.7. The molecule has 3 rings (SSSR count). The Hall–Kier alpha value is -2.23. The zero-order chi connectivity index (χ0) is 13.4. The molecule has 19 heavy (non-hydrogen) atoms. The van der Waals surface area contributed by atoms with E-state index in [9.17, 15) is 0 Å². The van der Waals surface area contributed by atoms with Crippen molar-refractivity contribution in [1.29, 1.82) is 0 Å². The van der Waals surface area contributed by atoms with Crippen molar-refractivity contribution in [2.24, 2.45) is 7.05 Å². The Morgan fingerprint density at radius 1 is 1.11 bits per heavy atom. The molecular weight excluding hydrogens is 236 g/mol. The summed E-state index contributed by atoms with van der Waals surface area (Å²) in [6.45, 7) is 4.32. The quantitative estimate of drug-likeness (QED) is 0.703. The maximum atomic E-state index is 4.26. The first-order chi connectivity index (χ1) is 9.15. The second-order valence-corrected chi connectivity index (χ2v) is 5.07. The summed E-state index contributed by atoms with van der Waals surface area (Å²) in [6.07, 6.45) is 3.70. The van der Waals surface area contributed by atoms with Crippen LogP contribution < -0.4 is 0 Å². The first kappa shape index (κ1) is 11.8. The maximum absolute atomic E-state index is 4.26. The summed E-state index contributed by atoms with van der Waals surface area (Å²) in [5.74, 6) is 0.455. The van der Waals surface area contributed by atoms with Gasteiger partial charge in [-0.05, 0) is 29.7 Å². The van der Waals surface area contributed by atoms with Gasteiger partial charge in [0.25, 0.3) is 0 Å². The van der Waals surface area contributed by atoms with Crippen LogP contribution in [0.3, 0.4) is 0 Å². The summed E-state index contributed by atoms with van der Waals surface area (Å²) >= 11 is 0. The summed E-state index contributed by atoms with van der Waals surface area (Å²) in [6, 6.07) is 8.35. The fraction of sp³-hybridized carbons (Fsp3) is 0.267. The lowest BCUT2D eigenvalue weighted by molar-refractivity contribution is 0.797. The van der Waals surface area contributed by atoms with Crippen molar-refractivity contribution in [2.45, 2.75) is 19.8 Å². The number of fused-ring (bicyclic) bond motifs is 1. The maximum Gasteiger partial charge on any atom is 0.0932 e. The Labute approximate surface area is 112 Å². The fourth-order valence-electron chi connectivity index (χ4n) is 2.16. The van der Waals surface area contributed by atoms with Gasteiger partial charge in [-0.15, -0.1) is 0 Å². The Morgan fingerprint density at radius 2 is 1.95 bits per heavy atom. The molecule has 0 amide bonds. The van der Waals surface area contributed by atoms with E-state index in [1.807, 2.05) is 24.1 Å². The number of rotatable bonds is 2. The van der Waals surface area contributed by atoms with Gasteiger partial charge in [0.1, 0.15) is 0 Å². The van der Waals surface area contributed by atoms with Crippen LogP contribution in [0.15, 0.2) is 36.7 Å². The standard InChI is InChI=1S/C15H16N4/c1-10(2)12-7-14(18-16-8-12)11-4-5-15-13(6-11)9-17-19(15)3/h4-10H,1-3H3. The Bertz CT molecular complexity index is 728. The SMILES string of the molecule is CC(C)c1cnnc(-c2ccc3c(cnn3C)c2)c1. The molecule has 0 N–H and O–H groups in total. The predicted molar refractivity (Wildman–Crippen MR) is 75.8 cm³/mol. The molecule has 0 spiro atoms. The summed E-state index contributed by atoms with van der Waals surface area (Å²) < 4.78 is 1.87. The van der Waals surface area contributed by atoms with Gasteiger partial charge in [-0.2, -0.15) is 15.3 Å². The topological polar surface area (TPSA) is 43.6 Å². The minimum atomic E-state index is 0.455. The molecule has 4 nitrogen and oxygen atoms in total. The van der Waals surface area contributed by atoms with Crippen LogP contribution in [0.1, 0.15) is 25.3 Å². The summed E-state index contributed by atoms with van der Waals surface area (Å²) in [7, 11) is 1.95. The van der Waals surface area contributed by atoms with E-state index in [0.717, 1.165) is 22.2 Å². The Balaban J connectivity index is 2.10. The normalized spacial score (nSPS) is 11.4. The van der Waals surface area contributed by atoms with Crippen molar-refractivity contribution in [3.8, 4) is 11.3 Å². The van der Waals surface area contributed by atoms with Crippen molar-refractivity contribution in [1.82, 2.24) is 20.0 Å². The van der Waals surface area contributed by atoms with Crippen LogP contribution >= 0.6 is 0 Å². The van der Waals surface area contributed by atoms with Crippen molar-refractivity contribution < 1.29 is 0 Å². The number of aromatic nitrogens is 4. The smallest absolute Gasteiger partial charge is 0.0932 e. The van der Waals surface area contributed by atoms with Crippen LogP contribution in [0.25, 0.3) is 22.2 Å². The van der Waals surface area contributed by atoms with Crippen molar-refractivity contribution in [3.63, 3.8) is 0 Å². The van der Waals surface area contributed by atoms with Crippen LogP contribution in [-0.4, -0.2) is 20.0 Å². The molecule has 0 aliphatic carbocycles. The van der Waals surface area contributed by atoms with E-state index >= 15 is 0 Å². The highest BCUT2D eigenvalue weighted by atomic mass is 15.2. The zero-order valence-corrected chi connectivity index (χ0v) is 11.3. The molecule has 4 heteroatoms. The second-order valence-electron chi connectivity index (χ2n) is 5.07. The van der Waals surface area contributed by atoms with Crippen LogP contribution in [-0.2, 0) is 7.05 Å². The van der Waals surface area contributed by atoms with E-state index in [4.69, 9.17) is 0 Å². The van der Waals surface area contributed by atoms with E-state index in [1.165, 1.54) is 5.56 Å². The first-order valence-electron chi connectivity index (χ1n) is 6.40. The lowest BCUT2D eigenvalue weighted by Gasteiger charge is -2.06. The van der Waals surface area contributed by atoms with Gasteiger partial charge in [0.05, 0.1) is 23.6 Å². The van der Waals surface area contributed by atoms with Gasteiger partial charge < -0.3 is 0 Å². The molecule has 2 aromatic heterocycles. The summed E-state index contributed by atoms with van der Waals surface area (Å²) in [5.41, 5.74) is 4.32. The molecule has 0 unspecified atom stereocenters. The highest BCUT2D eigenvalue weighted by Gasteiger charge is 2.07. The van der Waals surface area contributed by atoms with E-state index in [0.29, 0.717) is 5.92 Å². The highest BCUT2D eigenvalue weighted by Crippen LogP contribution is 2.24. The van der Waals surface area contributed by atoms with Crippen molar-refractivity contribution in [3.05, 3.63) is 42.2 Å². The molecule has 1 aromatic carbocycles. The molecular formula is C15H16N4. The van der Waals surface area contributed by atoms with Crippen LogP contribution in [0.5, 0.6) is 0 Å². The molecule has 96 valence electrons. The molecule has 0 saturated carbocycles. The Kier molecular flexibility index (Phi) is 2.78. The van der Waals surface area contributed by atoms with E-state index in [2.05, 4.69) is 53.4 Å². The van der Waals surface area contributed by atoms with E-state index < -0.39 is 0 Å². The Morgan fingerprint density at radius 3 is 2.74 bits per heavy atom. The molecule has 0 saturated heterocycles. The van der Waals surface area contributed by atoms with Gasteiger partial charge >= 0.3 is 0 Å². The second kappa shape index (κ2) is 4.46. The number of hydrogen-bond donors (Lipinski definition) is 0. The molecule has 0 atom stereocenters. The van der Waals surface area contributed by atoms with Gasteiger partial charge in [-0.25, -0.2) is 0 Å². The van der Waals surface area contributed by atoms with E-state index in [-0.39, 0.29) is 0 Å². The molecule has 0 fully saturated rings. The minimum Gasteiger partial charge on any atom is -0.268 e. The van der Waals surface area contributed by atoms with Gasteiger partial charge in [0.15, 0.2) is 0 Å². The number of hydrogen-bond acceptors (Lipinski definition) is 3. The predicted octanol–water partition coefficient (Wildman–Crippen LogP) is 3.15. The van der Waals surface area contributed by atoms with Crippen molar-refractivity contribution in [2.75, 3.05) is 0 Å². The average Bonchev–Trinajstić information content (AvgIpc) is 2.80. The largest absolute Gasteiger partial charge is 0.268 e. The minimum absolute atomic E-state index is 0.455. The van der Waals surface area contributed by atoms with Gasteiger partial charge in [-0.1, -0.05) is 19.9 Å². The van der Waals surface area contributed by atoms with Crippen LogP contribution in [0.2, 0.25) is 0 Å². The van der Waals surface area contributed by atoms with Gasteiger partial charge in [0.2, 0.25) is 0 Å². The van der Waals surface area contributed by atoms with Gasteiger partial charge in [-0.3, -0.25) is 4.68 Å². The number of nitrogens with zero attached hydrogens (tertiary/aromatic N) is 4.